The van der Waals surface area contributed by atoms with Crippen LogP contribution in [0.3, 0.4) is 0 Å². The van der Waals surface area contributed by atoms with E-state index in [9.17, 15) is 4.39 Å². The lowest BCUT2D eigenvalue weighted by Gasteiger charge is -2.16. The van der Waals surface area contributed by atoms with Gasteiger partial charge < -0.3 is 10.6 Å². The highest BCUT2D eigenvalue weighted by molar-refractivity contribution is 6.30. The molecule has 0 spiro atoms. The Balaban J connectivity index is 2.01. The average molecular weight is 244 g/mol. The van der Waals surface area contributed by atoms with E-state index in [1.807, 2.05) is 0 Å². The molecule has 3 nitrogen and oxygen atoms in total. The standard InChI is InChI=1S/C11H15ClFN3/c12-8-6-10(13)11(15-7-8)16-9-2-1-4-14-5-3-9/h6-7,9,14H,1-5H2,(H,15,16). The van der Waals surface area contributed by atoms with Gasteiger partial charge in [0.05, 0.1) is 5.02 Å². The Morgan fingerprint density at radius 2 is 2.31 bits per heavy atom. The zero-order chi connectivity index (χ0) is 11.4. The summed E-state index contributed by atoms with van der Waals surface area (Å²) in [5.41, 5.74) is 0. The summed E-state index contributed by atoms with van der Waals surface area (Å²) in [4.78, 5) is 3.96. The third kappa shape index (κ3) is 3.06. The van der Waals surface area contributed by atoms with E-state index >= 15 is 0 Å². The third-order valence-electron chi connectivity index (χ3n) is 2.72. The van der Waals surface area contributed by atoms with Crippen molar-refractivity contribution in [3.63, 3.8) is 0 Å². The highest BCUT2D eigenvalue weighted by atomic mass is 35.5. The van der Waals surface area contributed by atoms with Gasteiger partial charge >= 0.3 is 0 Å². The van der Waals surface area contributed by atoms with Gasteiger partial charge in [0.2, 0.25) is 0 Å². The molecule has 0 amide bonds. The quantitative estimate of drug-likeness (QED) is 0.838. The van der Waals surface area contributed by atoms with Crippen LogP contribution in [0.4, 0.5) is 10.2 Å². The highest BCUT2D eigenvalue weighted by Gasteiger charge is 2.14. The fourth-order valence-electron chi connectivity index (χ4n) is 1.88. The minimum absolute atomic E-state index is 0.290. The van der Waals surface area contributed by atoms with Crippen LogP contribution in [0.15, 0.2) is 12.3 Å². The van der Waals surface area contributed by atoms with Crippen LogP contribution in [-0.4, -0.2) is 24.1 Å². The Kier molecular flexibility index (Phi) is 3.96. The Bertz CT molecular complexity index is 351. The van der Waals surface area contributed by atoms with Gasteiger partial charge in [0.1, 0.15) is 0 Å². The van der Waals surface area contributed by atoms with Crippen LogP contribution in [0.1, 0.15) is 19.3 Å². The van der Waals surface area contributed by atoms with Gasteiger partial charge in [-0.05, 0) is 38.4 Å². The lowest BCUT2D eigenvalue weighted by Crippen LogP contribution is -2.22. The molecular weight excluding hydrogens is 229 g/mol. The molecule has 2 heterocycles. The van der Waals surface area contributed by atoms with Crippen molar-refractivity contribution in [2.75, 3.05) is 18.4 Å². The highest BCUT2D eigenvalue weighted by Crippen LogP contribution is 2.18. The van der Waals surface area contributed by atoms with Crippen LogP contribution in [0.25, 0.3) is 0 Å². The molecule has 16 heavy (non-hydrogen) atoms. The first-order valence-electron chi connectivity index (χ1n) is 5.54. The number of nitrogens with zero attached hydrogens (tertiary/aromatic N) is 1. The lowest BCUT2D eigenvalue weighted by atomic mass is 10.1. The van der Waals surface area contributed by atoms with E-state index in [1.54, 1.807) is 0 Å². The predicted molar refractivity (Wildman–Crippen MR) is 63.3 cm³/mol. The van der Waals surface area contributed by atoms with Gasteiger partial charge in [0.25, 0.3) is 0 Å². The second-order valence-electron chi connectivity index (χ2n) is 4.01. The van der Waals surface area contributed by atoms with E-state index in [0.717, 1.165) is 32.4 Å². The molecule has 0 aliphatic carbocycles. The molecule has 1 aromatic rings. The van der Waals surface area contributed by atoms with Crippen LogP contribution >= 0.6 is 11.6 Å². The fourth-order valence-corrected chi connectivity index (χ4v) is 2.02. The minimum atomic E-state index is -0.385. The summed E-state index contributed by atoms with van der Waals surface area (Å²) in [6.45, 7) is 2.00. The second-order valence-corrected chi connectivity index (χ2v) is 4.44. The first-order valence-corrected chi connectivity index (χ1v) is 5.92. The zero-order valence-corrected chi connectivity index (χ0v) is 9.73. The number of nitrogens with one attached hydrogen (secondary N) is 2. The number of halogens is 2. The van der Waals surface area contributed by atoms with Gasteiger partial charge in [-0.3, -0.25) is 0 Å². The largest absolute Gasteiger partial charge is 0.365 e. The number of rotatable bonds is 2. The van der Waals surface area contributed by atoms with Crippen molar-refractivity contribution >= 4 is 17.4 Å². The molecule has 0 saturated carbocycles. The van der Waals surface area contributed by atoms with Crippen LogP contribution < -0.4 is 10.6 Å². The van der Waals surface area contributed by atoms with Crippen molar-refractivity contribution in [2.24, 2.45) is 0 Å². The summed E-state index contributed by atoms with van der Waals surface area (Å²) >= 11 is 5.65. The van der Waals surface area contributed by atoms with Gasteiger partial charge in [-0.25, -0.2) is 9.37 Å². The molecule has 2 N–H and O–H groups in total. The maximum atomic E-state index is 13.5. The molecule has 1 aliphatic rings. The van der Waals surface area contributed by atoms with Crippen molar-refractivity contribution in [1.82, 2.24) is 10.3 Å². The van der Waals surface area contributed by atoms with Crippen molar-refractivity contribution in [3.8, 4) is 0 Å². The molecule has 1 aromatic heterocycles. The van der Waals surface area contributed by atoms with Crippen molar-refractivity contribution in [1.29, 1.82) is 0 Å². The smallest absolute Gasteiger partial charge is 0.166 e. The first-order chi connectivity index (χ1) is 7.75. The van der Waals surface area contributed by atoms with E-state index < -0.39 is 0 Å². The van der Waals surface area contributed by atoms with Crippen LogP contribution in [0.2, 0.25) is 5.02 Å². The molecule has 1 atom stereocenters. The summed E-state index contributed by atoms with van der Waals surface area (Å²) < 4.78 is 13.5. The van der Waals surface area contributed by atoms with Crippen molar-refractivity contribution in [2.45, 2.75) is 25.3 Å². The van der Waals surface area contributed by atoms with Crippen LogP contribution in [-0.2, 0) is 0 Å². The minimum Gasteiger partial charge on any atom is -0.365 e. The molecule has 1 unspecified atom stereocenters. The van der Waals surface area contributed by atoms with E-state index in [-0.39, 0.29) is 11.9 Å². The van der Waals surface area contributed by atoms with Crippen molar-refractivity contribution < 1.29 is 4.39 Å². The molecular formula is C11H15ClFN3. The normalized spacial score (nSPS) is 21.5. The maximum absolute atomic E-state index is 13.5. The van der Waals surface area contributed by atoms with E-state index in [1.165, 1.54) is 12.3 Å². The molecule has 1 saturated heterocycles. The summed E-state index contributed by atoms with van der Waals surface area (Å²) in [5.74, 6) is -0.0824. The van der Waals surface area contributed by atoms with Crippen LogP contribution in [0, 0.1) is 5.82 Å². The second kappa shape index (κ2) is 5.46. The molecule has 1 fully saturated rings. The van der Waals surface area contributed by atoms with E-state index in [0.29, 0.717) is 10.8 Å². The van der Waals surface area contributed by atoms with Crippen LogP contribution in [0.5, 0.6) is 0 Å². The zero-order valence-electron chi connectivity index (χ0n) is 8.97. The summed E-state index contributed by atoms with van der Waals surface area (Å²) in [5, 5.41) is 6.77. The number of aromatic nitrogens is 1. The summed E-state index contributed by atoms with van der Waals surface area (Å²) in [7, 11) is 0. The molecule has 0 aromatic carbocycles. The molecule has 1 aliphatic heterocycles. The molecule has 0 bridgehead atoms. The fraction of sp³-hybridized carbons (Fsp3) is 0.545. The van der Waals surface area contributed by atoms with Crippen molar-refractivity contribution in [3.05, 3.63) is 23.1 Å². The third-order valence-corrected chi connectivity index (χ3v) is 2.93. The van der Waals surface area contributed by atoms with E-state index in [2.05, 4.69) is 15.6 Å². The predicted octanol–water partition coefficient (Wildman–Crippen LogP) is 2.43. The topological polar surface area (TPSA) is 37.0 Å². The number of hydrogen-bond donors (Lipinski definition) is 2. The maximum Gasteiger partial charge on any atom is 0.166 e. The Hall–Kier alpha value is -0.870. The average Bonchev–Trinajstić information content (AvgIpc) is 2.51. The number of anilines is 1. The lowest BCUT2D eigenvalue weighted by molar-refractivity contribution is 0.599. The SMILES string of the molecule is Fc1cc(Cl)cnc1NC1CCCNCC1. The van der Waals surface area contributed by atoms with Gasteiger partial charge in [-0.15, -0.1) is 0 Å². The van der Waals surface area contributed by atoms with Gasteiger partial charge in [0, 0.05) is 12.2 Å². The molecule has 0 radical (unpaired) electrons. The first kappa shape index (κ1) is 11.6. The Morgan fingerprint density at radius 3 is 3.12 bits per heavy atom. The van der Waals surface area contributed by atoms with Gasteiger partial charge in [-0.1, -0.05) is 11.6 Å². The Morgan fingerprint density at radius 1 is 1.44 bits per heavy atom. The van der Waals surface area contributed by atoms with E-state index in [4.69, 9.17) is 11.6 Å². The molecule has 2 rings (SSSR count). The van der Waals surface area contributed by atoms with Gasteiger partial charge in [-0.2, -0.15) is 0 Å². The van der Waals surface area contributed by atoms with Gasteiger partial charge in [0.15, 0.2) is 11.6 Å². The monoisotopic (exact) mass is 243 g/mol. The summed E-state index contributed by atoms with van der Waals surface area (Å²) in [6.07, 6.45) is 4.59. The Labute approximate surface area is 99.4 Å². The number of pyridine rings is 1. The number of hydrogen-bond acceptors (Lipinski definition) is 3. The summed E-state index contributed by atoms with van der Waals surface area (Å²) in [6, 6.07) is 1.57. The molecule has 88 valence electrons. The molecule has 5 heteroatoms.